The van der Waals surface area contributed by atoms with Gasteiger partial charge in [-0.25, -0.2) is 0 Å². The van der Waals surface area contributed by atoms with Gasteiger partial charge in [0.25, 0.3) is 10.1 Å². The lowest BCUT2D eigenvalue weighted by Gasteiger charge is -2.08. The monoisotopic (exact) mass is 567 g/mol. The molecule has 2 aromatic carbocycles. The lowest BCUT2D eigenvalue weighted by Crippen LogP contribution is -2.13. The molecule has 186 valence electrons. The van der Waals surface area contributed by atoms with Crippen LogP contribution in [0.25, 0.3) is 11.1 Å². The van der Waals surface area contributed by atoms with E-state index in [4.69, 9.17) is 34.0 Å². The van der Waals surface area contributed by atoms with Crippen LogP contribution in [0.4, 0.5) is 21.4 Å². The average molecular weight is 568 g/mol. The number of thiophene rings is 1. The zero-order chi connectivity index (χ0) is 26.6. The zero-order valence-electron chi connectivity index (χ0n) is 17.9. The number of carboxylic acid groups (broad SMARTS) is 1. The van der Waals surface area contributed by atoms with Crippen molar-refractivity contribution >= 4 is 77.9 Å². The van der Waals surface area contributed by atoms with Crippen molar-refractivity contribution in [1.29, 1.82) is 5.26 Å². The molecule has 15 heteroatoms. The van der Waals surface area contributed by atoms with Gasteiger partial charge in [0.2, 0.25) is 5.91 Å². The maximum absolute atomic E-state index is 12.0. The molecular weight excluding hydrogens is 553 g/mol. The molecule has 0 aliphatic rings. The highest BCUT2D eigenvalue weighted by Crippen LogP contribution is 2.45. The number of amides is 1. The van der Waals surface area contributed by atoms with Crippen molar-refractivity contribution in [2.45, 2.75) is 17.7 Å². The van der Waals surface area contributed by atoms with E-state index in [0.29, 0.717) is 16.8 Å². The molecule has 0 spiro atoms. The summed E-state index contributed by atoms with van der Waals surface area (Å²) in [7, 11) is -4.61. The predicted molar refractivity (Wildman–Crippen MR) is 135 cm³/mol. The Morgan fingerprint density at radius 1 is 1.14 bits per heavy atom. The molecule has 0 bridgehead atoms. The normalized spacial score (nSPS) is 11.4. The number of benzene rings is 2. The van der Waals surface area contributed by atoms with E-state index in [1.54, 1.807) is 24.3 Å². The molecule has 3 aromatic rings. The second-order valence-corrected chi connectivity index (χ2v) is 10.3. The molecule has 1 amide bonds. The third-order valence-electron chi connectivity index (χ3n) is 4.56. The van der Waals surface area contributed by atoms with Gasteiger partial charge in [-0.1, -0.05) is 46.7 Å². The van der Waals surface area contributed by atoms with Crippen molar-refractivity contribution < 1.29 is 27.7 Å². The molecule has 0 unspecified atom stereocenters. The molecule has 0 saturated carbocycles. The first-order valence-electron chi connectivity index (χ1n) is 9.73. The van der Waals surface area contributed by atoms with Gasteiger partial charge in [0.1, 0.15) is 26.7 Å². The van der Waals surface area contributed by atoms with Crippen LogP contribution in [0.1, 0.15) is 18.4 Å². The summed E-state index contributed by atoms with van der Waals surface area (Å²) in [5, 5.41) is 29.0. The molecule has 0 radical (unpaired) electrons. The van der Waals surface area contributed by atoms with Crippen LogP contribution >= 0.6 is 34.5 Å². The predicted octanol–water partition coefficient (Wildman–Crippen LogP) is 5.64. The summed E-state index contributed by atoms with van der Waals surface area (Å²) in [5.41, 5.74) is 7.25. The van der Waals surface area contributed by atoms with Crippen LogP contribution < -0.4 is 11.1 Å². The number of anilines is 2. The maximum atomic E-state index is 12.0. The number of aliphatic carboxylic acids is 1. The van der Waals surface area contributed by atoms with Crippen molar-refractivity contribution in [2.24, 2.45) is 10.2 Å². The number of nitrogens with two attached hydrogens (primary N) is 1. The Balaban J connectivity index is 2.00. The number of azo groups is 1. The van der Waals surface area contributed by atoms with E-state index in [2.05, 4.69) is 15.5 Å². The lowest BCUT2D eigenvalue weighted by molar-refractivity contribution is -0.138. The van der Waals surface area contributed by atoms with Gasteiger partial charge in [0.05, 0.1) is 22.0 Å². The van der Waals surface area contributed by atoms with Crippen molar-refractivity contribution in [2.75, 3.05) is 11.1 Å². The van der Waals surface area contributed by atoms with Gasteiger partial charge in [0, 0.05) is 17.7 Å². The number of carbonyl (C=O) groups is 2. The summed E-state index contributed by atoms with van der Waals surface area (Å²) in [6, 6.07) is 10.4. The molecule has 0 atom stereocenters. The largest absolute Gasteiger partial charge is 0.481 e. The summed E-state index contributed by atoms with van der Waals surface area (Å²) in [6.07, 6.45) is -0.541. The minimum absolute atomic E-state index is 0.00931. The van der Waals surface area contributed by atoms with Crippen LogP contribution in [-0.2, 0) is 19.7 Å². The summed E-state index contributed by atoms with van der Waals surface area (Å²) in [5.74, 6) is -1.60. The van der Waals surface area contributed by atoms with Crippen molar-refractivity contribution in [3.05, 3.63) is 52.0 Å². The summed E-state index contributed by atoms with van der Waals surface area (Å²) >= 11 is 12.9. The van der Waals surface area contributed by atoms with E-state index in [1.165, 1.54) is 0 Å². The maximum Gasteiger partial charge on any atom is 0.303 e. The number of nitriles is 1. The first-order chi connectivity index (χ1) is 16.9. The smallest absolute Gasteiger partial charge is 0.303 e. The average Bonchev–Trinajstić information content (AvgIpc) is 3.12. The minimum atomic E-state index is -4.61. The quantitative estimate of drug-likeness (QED) is 0.198. The van der Waals surface area contributed by atoms with E-state index in [-0.39, 0.29) is 44.1 Å². The van der Waals surface area contributed by atoms with E-state index >= 15 is 0 Å². The molecule has 0 aliphatic heterocycles. The second-order valence-electron chi connectivity index (χ2n) is 7.07. The zero-order valence-corrected chi connectivity index (χ0v) is 21.0. The van der Waals surface area contributed by atoms with Crippen LogP contribution in [0.5, 0.6) is 0 Å². The second kappa shape index (κ2) is 11.0. The number of carboxylic acids is 1. The Morgan fingerprint density at radius 3 is 2.50 bits per heavy atom. The first kappa shape index (κ1) is 27.1. The van der Waals surface area contributed by atoms with Crippen molar-refractivity contribution in [1.82, 2.24) is 0 Å². The molecule has 0 fully saturated rings. The lowest BCUT2D eigenvalue weighted by atomic mass is 10.0. The van der Waals surface area contributed by atoms with Crippen molar-refractivity contribution in [3.8, 4) is 17.2 Å². The number of hydrogen-bond acceptors (Lipinski definition) is 9. The van der Waals surface area contributed by atoms with E-state index < -0.39 is 26.9 Å². The van der Waals surface area contributed by atoms with Gasteiger partial charge in [-0.15, -0.1) is 10.2 Å². The van der Waals surface area contributed by atoms with Gasteiger partial charge in [-0.3, -0.25) is 14.1 Å². The number of nitrogens with zero attached hydrogens (tertiary/aromatic N) is 3. The Hall–Kier alpha value is -3.54. The molecule has 0 aliphatic carbocycles. The van der Waals surface area contributed by atoms with Crippen LogP contribution in [0.2, 0.25) is 10.0 Å². The number of rotatable bonds is 8. The van der Waals surface area contributed by atoms with Gasteiger partial charge >= 0.3 is 5.97 Å². The van der Waals surface area contributed by atoms with Gasteiger partial charge < -0.3 is 16.2 Å². The Morgan fingerprint density at radius 2 is 1.86 bits per heavy atom. The van der Waals surface area contributed by atoms with Gasteiger partial charge in [0.15, 0.2) is 0 Å². The number of carbonyl (C=O) groups excluding carboxylic acids is 1. The SMILES string of the molecule is N#Cc1c(N)sc(N=Nc2cc(Cl)c(S(=O)(=O)O)cc2Cl)c1-c1cccc(NC(=O)CCC(=O)O)c1. The Labute approximate surface area is 218 Å². The first-order valence-corrected chi connectivity index (χ1v) is 12.7. The third-order valence-corrected chi connectivity index (χ3v) is 7.08. The summed E-state index contributed by atoms with van der Waals surface area (Å²) in [4.78, 5) is 22.1. The van der Waals surface area contributed by atoms with Crippen LogP contribution in [-0.4, -0.2) is 30.0 Å². The molecule has 5 N–H and O–H groups in total. The van der Waals surface area contributed by atoms with Gasteiger partial charge in [-0.2, -0.15) is 13.7 Å². The number of halogens is 2. The van der Waals surface area contributed by atoms with E-state index in [0.717, 1.165) is 23.5 Å². The Bertz CT molecular complexity index is 1550. The molecule has 36 heavy (non-hydrogen) atoms. The molecule has 0 saturated heterocycles. The summed E-state index contributed by atoms with van der Waals surface area (Å²) < 4.78 is 32.0. The summed E-state index contributed by atoms with van der Waals surface area (Å²) in [6.45, 7) is 0. The van der Waals surface area contributed by atoms with Crippen LogP contribution in [0.3, 0.4) is 0 Å². The highest BCUT2D eigenvalue weighted by atomic mass is 35.5. The molecule has 1 aromatic heterocycles. The molecular formula is C21H15Cl2N5O6S2. The minimum Gasteiger partial charge on any atom is -0.481 e. The highest BCUT2D eigenvalue weighted by Gasteiger charge is 2.20. The Kier molecular flexibility index (Phi) is 8.28. The fourth-order valence-corrected chi connectivity index (χ4v) is 5.12. The standard InChI is InChI=1S/C21H15Cl2N5O6S2/c22-13-8-16(36(32,33)34)14(23)7-15(13)27-28-21-19(12(9-24)20(25)35-21)10-2-1-3-11(6-10)26-17(29)4-5-18(30)31/h1-3,6-8H,4-5,25H2,(H,26,29)(H,30,31)(H,32,33,34). The topological polar surface area (TPSA) is 195 Å². The number of hydrogen-bond donors (Lipinski definition) is 4. The van der Waals surface area contributed by atoms with Crippen molar-refractivity contribution in [3.63, 3.8) is 0 Å². The fourth-order valence-electron chi connectivity index (χ4n) is 2.97. The highest BCUT2D eigenvalue weighted by molar-refractivity contribution is 7.86. The fraction of sp³-hybridized carbons (Fsp3) is 0.0952. The van der Waals surface area contributed by atoms with Crippen LogP contribution in [0.15, 0.2) is 51.5 Å². The third kappa shape index (κ3) is 6.36. The van der Waals surface area contributed by atoms with Crippen LogP contribution in [0, 0.1) is 11.3 Å². The van der Waals surface area contributed by atoms with Gasteiger partial charge in [-0.05, 0) is 29.8 Å². The molecule has 1 heterocycles. The molecule has 3 rings (SSSR count). The van der Waals surface area contributed by atoms with E-state index in [1.807, 2.05) is 6.07 Å². The molecule has 11 nitrogen and oxygen atoms in total. The number of nitrogens with one attached hydrogen (secondary N) is 1. The number of nitrogen functional groups attached to an aromatic ring is 1. The van der Waals surface area contributed by atoms with E-state index in [9.17, 15) is 27.8 Å².